The SMILES string of the molecule is COc1ccc(CN(C(=O)CCc2ccc(S(=O)(=O)N3CCCC3)cc2)[C@@H](Cc2ccccc2)C(=O)NCc2ccccc2Cl)cc1. The molecule has 8 nitrogen and oxygen atoms in total. The lowest BCUT2D eigenvalue weighted by Crippen LogP contribution is -2.50. The zero-order valence-electron chi connectivity index (χ0n) is 26.5. The van der Waals surface area contributed by atoms with Gasteiger partial charge in [-0.15, -0.1) is 0 Å². The van der Waals surface area contributed by atoms with Crippen LogP contribution >= 0.6 is 11.6 Å². The fraction of sp³-hybridized carbons (Fsp3) is 0.297. The summed E-state index contributed by atoms with van der Waals surface area (Å²) in [5, 5.41) is 3.57. The molecular weight excluding hydrogens is 634 g/mol. The number of ether oxygens (including phenoxy) is 1. The number of nitrogens with one attached hydrogen (secondary N) is 1. The van der Waals surface area contributed by atoms with Gasteiger partial charge in [-0.05, 0) is 71.8 Å². The van der Waals surface area contributed by atoms with E-state index in [0.717, 1.165) is 35.1 Å². The third-order valence-corrected chi connectivity index (χ3v) is 10.7. The molecule has 10 heteroatoms. The maximum atomic E-state index is 14.1. The van der Waals surface area contributed by atoms with Crippen LogP contribution in [0.4, 0.5) is 0 Å². The zero-order chi connectivity index (χ0) is 33.2. The number of methoxy groups -OCH3 is 1. The first-order valence-electron chi connectivity index (χ1n) is 15.8. The second kappa shape index (κ2) is 16.1. The van der Waals surface area contributed by atoms with Gasteiger partial charge in [-0.3, -0.25) is 9.59 Å². The third kappa shape index (κ3) is 9.00. The fourth-order valence-corrected chi connectivity index (χ4v) is 7.44. The van der Waals surface area contributed by atoms with E-state index in [1.54, 1.807) is 42.3 Å². The molecule has 1 N–H and O–H groups in total. The number of amides is 2. The minimum atomic E-state index is -3.52. The first kappa shape index (κ1) is 34.2. The average molecular weight is 674 g/mol. The largest absolute Gasteiger partial charge is 0.497 e. The molecule has 1 aliphatic rings. The molecule has 1 saturated heterocycles. The number of halogens is 1. The van der Waals surface area contributed by atoms with Crippen molar-refractivity contribution in [1.29, 1.82) is 0 Å². The van der Waals surface area contributed by atoms with E-state index in [0.29, 0.717) is 36.7 Å². The van der Waals surface area contributed by atoms with Gasteiger partial charge < -0.3 is 15.0 Å². The number of nitrogens with zero attached hydrogens (tertiary/aromatic N) is 2. The van der Waals surface area contributed by atoms with Crippen molar-refractivity contribution in [3.05, 3.63) is 130 Å². The molecule has 0 unspecified atom stereocenters. The highest BCUT2D eigenvalue weighted by molar-refractivity contribution is 7.89. The van der Waals surface area contributed by atoms with Crippen LogP contribution in [0.2, 0.25) is 5.02 Å². The van der Waals surface area contributed by atoms with Gasteiger partial charge in [0.1, 0.15) is 11.8 Å². The van der Waals surface area contributed by atoms with E-state index in [1.165, 1.54) is 4.31 Å². The Bertz CT molecular complexity index is 1740. The number of hydrogen-bond acceptors (Lipinski definition) is 5. The summed E-state index contributed by atoms with van der Waals surface area (Å²) in [5.74, 6) is 0.218. The number of carbonyl (C=O) groups excluding carboxylic acids is 2. The van der Waals surface area contributed by atoms with Gasteiger partial charge in [-0.25, -0.2) is 8.42 Å². The zero-order valence-corrected chi connectivity index (χ0v) is 28.1. The summed E-state index contributed by atoms with van der Waals surface area (Å²) >= 11 is 6.37. The fourth-order valence-electron chi connectivity index (χ4n) is 5.72. The smallest absolute Gasteiger partial charge is 0.243 e. The molecule has 1 heterocycles. The van der Waals surface area contributed by atoms with Gasteiger partial charge in [-0.2, -0.15) is 4.31 Å². The summed E-state index contributed by atoms with van der Waals surface area (Å²) in [5.41, 5.74) is 3.40. The Morgan fingerprint density at radius 2 is 1.49 bits per heavy atom. The Hall–Kier alpha value is -4.18. The number of sulfonamides is 1. The van der Waals surface area contributed by atoms with E-state index < -0.39 is 16.1 Å². The first-order valence-corrected chi connectivity index (χ1v) is 17.6. The number of aryl methyl sites for hydroxylation is 1. The normalized spacial score (nSPS) is 14.0. The van der Waals surface area contributed by atoms with Gasteiger partial charge >= 0.3 is 0 Å². The van der Waals surface area contributed by atoms with E-state index in [2.05, 4.69) is 5.32 Å². The van der Waals surface area contributed by atoms with Crippen LogP contribution in [-0.2, 0) is 45.5 Å². The van der Waals surface area contributed by atoms with Crippen LogP contribution in [0, 0.1) is 0 Å². The van der Waals surface area contributed by atoms with Crippen LogP contribution in [0.25, 0.3) is 0 Å². The highest BCUT2D eigenvalue weighted by Gasteiger charge is 2.31. The lowest BCUT2D eigenvalue weighted by atomic mass is 10.0. The van der Waals surface area contributed by atoms with E-state index in [1.807, 2.05) is 72.8 Å². The van der Waals surface area contributed by atoms with Crippen molar-refractivity contribution < 1.29 is 22.7 Å². The van der Waals surface area contributed by atoms with Crippen LogP contribution in [0.5, 0.6) is 5.75 Å². The molecule has 0 bridgehead atoms. The number of hydrogen-bond donors (Lipinski definition) is 1. The number of rotatable bonds is 14. The molecule has 4 aromatic carbocycles. The molecular formula is C37H40ClN3O5S. The molecule has 47 heavy (non-hydrogen) atoms. The van der Waals surface area contributed by atoms with Crippen molar-refractivity contribution in [3.8, 4) is 5.75 Å². The van der Waals surface area contributed by atoms with Gasteiger partial charge in [0.05, 0.1) is 12.0 Å². The van der Waals surface area contributed by atoms with Crippen LogP contribution in [0.3, 0.4) is 0 Å². The summed E-state index contributed by atoms with van der Waals surface area (Å²) in [7, 11) is -1.93. The van der Waals surface area contributed by atoms with Gasteiger partial charge in [0.2, 0.25) is 21.8 Å². The highest BCUT2D eigenvalue weighted by atomic mass is 35.5. The Balaban J connectivity index is 1.38. The first-order chi connectivity index (χ1) is 22.7. The molecule has 1 fully saturated rings. The van der Waals surface area contributed by atoms with Gasteiger partial charge in [0, 0.05) is 44.0 Å². The Kier molecular flexibility index (Phi) is 11.7. The predicted molar refractivity (Wildman–Crippen MR) is 184 cm³/mol. The van der Waals surface area contributed by atoms with Crippen molar-refractivity contribution in [2.24, 2.45) is 0 Å². The molecule has 0 radical (unpaired) electrons. The molecule has 0 spiro atoms. The molecule has 1 atom stereocenters. The van der Waals surface area contributed by atoms with Crippen molar-refractivity contribution in [3.63, 3.8) is 0 Å². The van der Waals surface area contributed by atoms with Gasteiger partial charge in [0.15, 0.2) is 0 Å². The van der Waals surface area contributed by atoms with Crippen molar-refractivity contribution in [2.45, 2.75) is 56.1 Å². The van der Waals surface area contributed by atoms with E-state index in [9.17, 15) is 18.0 Å². The monoisotopic (exact) mass is 673 g/mol. The molecule has 5 rings (SSSR count). The topological polar surface area (TPSA) is 96.0 Å². The molecule has 0 saturated carbocycles. The second-order valence-electron chi connectivity index (χ2n) is 11.6. The third-order valence-electron chi connectivity index (χ3n) is 8.45. The molecule has 246 valence electrons. The maximum absolute atomic E-state index is 14.1. The maximum Gasteiger partial charge on any atom is 0.243 e. The quantitative estimate of drug-likeness (QED) is 0.177. The standard InChI is InChI=1S/C37H40ClN3O5S/c1-46-32-18-13-30(14-19-32)27-41(36(42)22-17-28-15-20-33(21-16-28)47(44,45)40-23-7-8-24-40)35(25-29-9-3-2-4-10-29)37(43)39-26-31-11-5-6-12-34(31)38/h2-6,9-16,18-21,35H,7-8,17,22-27H2,1H3,(H,39,43)/t35-/m0/s1. The van der Waals surface area contributed by atoms with E-state index in [-0.39, 0.29) is 36.2 Å². The minimum Gasteiger partial charge on any atom is -0.497 e. The van der Waals surface area contributed by atoms with Crippen LogP contribution in [-0.4, -0.2) is 55.7 Å². The van der Waals surface area contributed by atoms with E-state index in [4.69, 9.17) is 16.3 Å². The van der Waals surface area contributed by atoms with Crippen LogP contribution < -0.4 is 10.1 Å². The number of benzene rings is 4. The van der Waals surface area contributed by atoms with Crippen molar-refractivity contribution in [1.82, 2.24) is 14.5 Å². The van der Waals surface area contributed by atoms with Crippen LogP contribution in [0.1, 0.15) is 41.5 Å². The summed E-state index contributed by atoms with van der Waals surface area (Å²) in [6.07, 6.45) is 2.59. The van der Waals surface area contributed by atoms with Gasteiger partial charge in [0.25, 0.3) is 0 Å². The predicted octanol–water partition coefficient (Wildman–Crippen LogP) is 6.02. The summed E-state index contributed by atoms with van der Waals surface area (Å²) in [6, 6.07) is 30.4. The lowest BCUT2D eigenvalue weighted by Gasteiger charge is -2.32. The summed E-state index contributed by atoms with van der Waals surface area (Å²) in [6.45, 7) is 1.52. The molecule has 2 amide bonds. The van der Waals surface area contributed by atoms with Gasteiger partial charge in [-0.1, -0.05) is 84.4 Å². The Morgan fingerprint density at radius 1 is 0.851 bits per heavy atom. The minimum absolute atomic E-state index is 0.136. The average Bonchev–Trinajstić information content (AvgIpc) is 3.66. The molecule has 0 aliphatic carbocycles. The summed E-state index contributed by atoms with van der Waals surface area (Å²) in [4.78, 5) is 30.0. The van der Waals surface area contributed by atoms with E-state index >= 15 is 0 Å². The second-order valence-corrected chi connectivity index (χ2v) is 14.0. The Morgan fingerprint density at radius 3 is 2.15 bits per heavy atom. The van der Waals surface area contributed by atoms with Crippen molar-refractivity contribution >= 4 is 33.4 Å². The molecule has 4 aromatic rings. The van der Waals surface area contributed by atoms with Crippen LogP contribution in [0.15, 0.2) is 108 Å². The lowest BCUT2D eigenvalue weighted by molar-refractivity contribution is -0.141. The Labute approximate surface area is 282 Å². The number of carbonyl (C=O) groups is 2. The highest BCUT2D eigenvalue weighted by Crippen LogP contribution is 2.23. The molecule has 0 aromatic heterocycles. The summed E-state index contributed by atoms with van der Waals surface area (Å²) < 4.78 is 32.8. The molecule has 1 aliphatic heterocycles. The van der Waals surface area contributed by atoms with Crippen molar-refractivity contribution in [2.75, 3.05) is 20.2 Å².